The smallest absolute Gasteiger partial charge is 0.194 e. The highest BCUT2D eigenvalue weighted by Gasteiger charge is 2.15. The normalized spacial score (nSPS) is 10.6. The third-order valence-corrected chi connectivity index (χ3v) is 3.62. The van der Waals surface area contributed by atoms with Gasteiger partial charge in [0.25, 0.3) is 0 Å². The Kier molecular flexibility index (Phi) is 4.91. The molecule has 2 rings (SSSR count). The molecule has 0 aliphatic rings. The molecule has 2 aromatic carbocycles. The maximum absolute atomic E-state index is 13.4. The lowest BCUT2D eigenvalue weighted by molar-refractivity contribution is 0.103. The zero-order chi connectivity index (χ0) is 14.5. The Balaban J connectivity index is 2.23. The highest BCUT2D eigenvalue weighted by molar-refractivity contribution is 6.35. The van der Waals surface area contributed by atoms with Crippen LogP contribution in [0.4, 0.5) is 4.39 Å². The maximum Gasteiger partial charge on any atom is 0.194 e. The van der Waals surface area contributed by atoms with Gasteiger partial charge < -0.3 is 0 Å². The van der Waals surface area contributed by atoms with Gasteiger partial charge in [-0.3, -0.25) is 4.79 Å². The minimum absolute atomic E-state index is 0.118. The number of benzene rings is 2. The van der Waals surface area contributed by atoms with Crippen LogP contribution >= 0.6 is 11.6 Å². The third kappa shape index (κ3) is 3.26. The van der Waals surface area contributed by atoms with Crippen LogP contribution in [-0.4, -0.2) is 5.78 Å². The number of halogens is 2. The Morgan fingerprint density at radius 3 is 2.50 bits per heavy atom. The molecule has 1 nitrogen and oxygen atoms in total. The number of carbonyl (C=O) groups excluding carboxylic acids is 1. The quantitative estimate of drug-likeness (QED) is 0.704. The largest absolute Gasteiger partial charge is 0.289 e. The van der Waals surface area contributed by atoms with Crippen LogP contribution in [0.5, 0.6) is 0 Å². The van der Waals surface area contributed by atoms with Gasteiger partial charge in [-0.1, -0.05) is 55.3 Å². The fourth-order valence-corrected chi connectivity index (χ4v) is 2.25. The van der Waals surface area contributed by atoms with Crippen molar-refractivity contribution >= 4 is 17.4 Å². The Labute approximate surface area is 123 Å². The van der Waals surface area contributed by atoms with E-state index in [0.717, 1.165) is 19.3 Å². The molecular formula is C17H16ClFO. The number of rotatable bonds is 5. The van der Waals surface area contributed by atoms with Crippen LogP contribution in [0.3, 0.4) is 0 Å². The van der Waals surface area contributed by atoms with Crippen molar-refractivity contribution in [1.29, 1.82) is 0 Å². The van der Waals surface area contributed by atoms with Gasteiger partial charge in [-0.25, -0.2) is 4.39 Å². The van der Waals surface area contributed by atoms with Crippen molar-refractivity contribution in [3.8, 4) is 0 Å². The fraction of sp³-hybridized carbons (Fsp3) is 0.235. The molecule has 2 aromatic rings. The highest BCUT2D eigenvalue weighted by atomic mass is 35.5. The number of ketones is 1. The van der Waals surface area contributed by atoms with Gasteiger partial charge in [0.05, 0.1) is 5.02 Å². The standard InChI is InChI=1S/C17H16ClFO/c1-2-3-5-12-8-10-13(11-9-12)17(20)14-6-4-7-15(19)16(14)18/h4,6-11H,2-3,5H2,1H3. The summed E-state index contributed by atoms with van der Waals surface area (Å²) in [4.78, 5) is 12.3. The lowest BCUT2D eigenvalue weighted by Gasteiger charge is -2.06. The average molecular weight is 291 g/mol. The van der Waals surface area contributed by atoms with E-state index >= 15 is 0 Å². The van der Waals surface area contributed by atoms with Crippen LogP contribution in [0.15, 0.2) is 42.5 Å². The number of carbonyl (C=O) groups is 1. The summed E-state index contributed by atoms with van der Waals surface area (Å²) in [7, 11) is 0. The van der Waals surface area contributed by atoms with E-state index in [9.17, 15) is 9.18 Å². The third-order valence-electron chi connectivity index (χ3n) is 3.23. The summed E-state index contributed by atoms with van der Waals surface area (Å²) in [5.74, 6) is -0.825. The van der Waals surface area contributed by atoms with Crippen molar-refractivity contribution in [2.75, 3.05) is 0 Å². The Morgan fingerprint density at radius 1 is 1.15 bits per heavy atom. The summed E-state index contributed by atoms with van der Waals surface area (Å²) >= 11 is 5.84. The van der Waals surface area contributed by atoms with Crippen LogP contribution in [0.2, 0.25) is 5.02 Å². The van der Waals surface area contributed by atoms with Crippen molar-refractivity contribution in [3.05, 3.63) is 70.0 Å². The van der Waals surface area contributed by atoms with Gasteiger partial charge in [0.1, 0.15) is 5.82 Å². The van der Waals surface area contributed by atoms with Gasteiger partial charge in [0.15, 0.2) is 5.78 Å². The van der Waals surface area contributed by atoms with Crippen LogP contribution in [-0.2, 0) is 6.42 Å². The summed E-state index contributed by atoms with van der Waals surface area (Å²) in [6, 6.07) is 11.7. The molecule has 0 atom stereocenters. The second-order valence-electron chi connectivity index (χ2n) is 4.73. The molecule has 0 aliphatic heterocycles. The van der Waals surface area contributed by atoms with E-state index in [1.165, 1.54) is 17.7 Å². The summed E-state index contributed by atoms with van der Waals surface area (Å²) in [6.07, 6.45) is 3.27. The molecule has 0 N–H and O–H groups in total. The zero-order valence-electron chi connectivity index (χ0n) is 11.3. The number of aryl methyl sites for hydroxylation is 1. The van der Waals surface area contributed by atoms with Crippen molar-refractivity contribution in [2.24, 2.45) is 0 Å². The van der Waals surface area contributed by atoms with Crippen LogP contribution < -0.4 is 0 Å². The van der Waals surface area contributed by atoms with Gasteiger partial charge in [-0.15, -0.1) is 0 Å². The van der Waals surface area contributed by atoms with E-state index < -0.39 is 5.82 Å². The molecule has 20 heavy (non-hydrogen) atoms. The first-order valence-electron chi connectivity index (χ1n) is 6.71. The van der Waals surface area contributed by atoms with Gasteiger partial charge in [-0.2, -0.15) is 0 Å². The van der Waals surface area contributed by atoms with Crippen LogP contribution in [0.25, 0.3) is 0 Å². The topological polar surface area (TPSA) is 17.1 Å². The van der Waals surface area contributed by atoms with Crippen molar-refractivity contribution in [2.45, 2.75) is 26.2 Å². The van der Waals surface area contributed by atoms with E-state index in [-0.39, 0.29) is 16.4 Å². The number of hydrogen-bond donors (Lipinski definition) is 0. The molecule has 0 saturated heterocycles. The first-order chi connectivity index (χ1) is 9.63. The fourth-order valence-electron chi connectivity index (χ4n) is 2.04. The molecule has 0 heterocycles. The molecule has 0 bridgehead atoms. The molecule has 0 spiro atoms. The van der Waals surface area contributed by atoms with E-state index in [0.29, 0.717) is 5.56 Å². The molecule has 0 amide bonds. The molecule has 0 fully saturated rings. The molecule has 104 valence electrons. The van der Waals surface area contributed by atoms with E-state index in [4.69, 9.17) is 11.6 Å². The van der Waals surface area contributed by atoms with Gasteiger partial charge in [-0.05, 0) is 30.5 Å². The van der Waals surface area contributed by atoms with Gasteiger partial charge in [0.2, 0.25) is 0 Å². The first-order valence-corrected chi connectivity index (χ1v) is 7.09. The predicted molar refractivity (Wildman–Crippen MR) is 79.9 cm³/mol. The summed E-state index contributed by atoms with van der Waals surface area (Å²) < 4.78 is 13.4. The average Bonchev–Trinajstić information content (AvgIpc) is 2.48. The second kappa shape index (κ2) is 6.67. The summed E-state index contributed by atoms with van der Waals surface area (Å²) in [6.45, 7) is 2.14. The summed E-state index contributed by atoms with van der Waals surface area (Å²) in [5, 5.41) is -0.118. The van der Waals surface area contributed by atoms with Gasteiger partial charge in [0, 0.05) is 11.1 Å². The molecular weight excluding hydrogens is 275 g/mol. The number of hydrogen-bond acceptors (Lipinski definition) is 1. The SMILES string of the molecule is CCCCc1ccc(C(=O)c2cccc(F)c2Cl)cc1. The first kappa shape index (κ1) is 14.7. The molecule has 0 aliphatic carbocycles. The Bertz CT molecular complexity index is 605. The molecule has 0 unspecified atom stereocenters. The van der Waals surface area contributed by atoms with Crippen LogP contribution in [0, 0.1) is 5.82 Å². The zero-order valence-corrected chi connectivity index (χ0v) is 12.1. The minimum atomic E-state index is -0.572. The Hall–Kier alpha value is -1.67. The number of unbranched alkanes of at least 4 members (excludes halogenated alkanes) is 1. The van der Waals surface area contributed by atoms with Crippen molar-refractivity contribution in [1.82, 2.24) is 0 Å². The lowest BCUT2D eigenvalue weighted by Crippen LogP contribution is -2.03. The predicted octanol–water partition coefficient (Wildman–Crippen LogP) is 5.05. The molecule has 0 aromatic heterocycles. The van der Waals surface area contributed by atoms with E-state index in [1.807, 2.05) is 12.1 Å². The molecule has 0 radical (unpaired) electrons. The second-order valence-corrected chi connectivity index (χ2v) is 5.11. The molecule has 0 saturated carbocycles. The molecule has 3 heteroatoms. The van der Waals surface area contributed by atoms with Crippen molar-refractivity contribution in [3.63, 3.8) is 0 Å². The summed E-state index contributed by atoms with van der Waals surface area (Å²) in [5.41, 5.74) is 1.93. The Morgan fingerprint density at radius 2 is 1.85 bits per heavy atom. The van der Waals surface area contributed by atoms with Gasteiger partial charge >= 0.3 is 0 Å². The maximum atomic E-state index is 13.4. The van der Waals surface area contributed by atoms with Crippen molar-refractivity contribution < 1.29 is 9.18 Å². The lowest BCUT2D eigenvalue weighted by atomic mass is 10.0. The van der Waals surface area contributed by atoms with E-state index in [2.05, 4.69) is 6.92 Å². The van der Waals surface area contributed by atoms with E-state index in [1.54, 1.807) is 18.2 Å². The van der Waals surface area contributed by atoms with Crippen LogP contribution in [0.1, 0.15) is 41.3 Å². The highest BCUT2D eigenvalue weighted by Crippen LogP contribution is 2.22. The minimum Gasteiger partial charge on any atom is -0.289 e. The monoisotopic (exact) mass is 290 g/mol.